The Morgan fingerprint density at radius 2 is 2.06 bits per heavy atom. The second-order valence-corrected chi connectivity index (χ2v) is 3.74. The van der Waals surface area contributed by atoms with Crippen molar-refractivity contribution in [1.29, 1.82) is 0 Å². The number of carbonyl (C=O) groups excluding carboxylic acids is 1. The van der Waals surface area contributed by atoms with E-state index in [1.54, 1.807) is 6.08 Å². The molecule has 0 bridgehead atoms. The molecule has 90 valence electrons. The van der Waals surface area contributed by atoms with Crippen LogP contribution in [0.2, 0.25) is 0 Å². The van der Waals surface area contributed by atoms with Crippen molar-refractivity contribution in [2.24, 2.45) is 0 Å². The highest BCUT2D eigenvalue weighted by Crippen LogP contribution is 2.26. The van der Waals surface area contributed by atoms with Crippen LogP contribution in [0.4, 0.5) is 0 Å². The molecule has 0 saturated carbocycles. The Labute approximate surface area is 103 Å². The standard InChI is InChI=1S/C15H18O2/c1-4-7-13-9-12(6-3)10-14(11-16)15(13)17-8-5-2/h4-5,9-11H,1-2,6-8H2,3H3. The van der Waals surface area contributed by atoms with Gasteiger partial charge in [-0.05, 0) is 30.0 Å². The zero-order valence-corrected chi connectivity index (χ0v) is 10.2. The number of aryl methyl sites for hydroxylation is 1. The lowest BCUT2D eigenvalue weighted by atomic mass is 10.0. The van der Waals surface area contributed by atoms with E-state index in [0.717, 1.165) is 23.8 Å². The Kier molecular flexibility index (Phi) is 5.21. The van der Waals surface area contributed by atoms with Gasteiger partial charge in [0.1, 0.15) is 12.4 Å². The SMILES string of the molecule is C=CCOc1c(C=O)cc(CC)cc1CC=C. The summed E-state index contributed by atoms with van der Waals surface area (Å²) in [7, 11) is 0. The Bertz CT molecular complexity index is 419. The fourth-order valence-electron chi connectivity index (χ4n) is 1.70. The molecule has 0 amide bonds. The van der Waals surface area contributed by atoms with E-state index in [1.807, 2.05) is 12.1 Å². The lowest BCUT2D eigenvalue weighted by Crippen LogP contribution is -2.02. The molecule has 1 aromatic carbocycles. The molecule has 0 heterocycles. The van der Waals surface area contributed by atoms with E-state index in [-0.39, 0.29) is 0 Å². The summed E-state index contributed by atoms with van der Waals surface area (Å²) in [6.07, 6.45) is 5.90. The van der Waals surface area contributed by atoms with Gasteiger partial charge in [-0.15, -0.1) is 6.58 Å². The van der Waals surface area contributed by atoms with Crippen LogP contribution in [0.15, 0.2) is 37.4 Å². The van der Waals surface area contributed by atoms with Crippen LogP contribution < -0.4 is 4.74 Å². The number of ether oxygens (including phenoxy) is 1. The lowest BCUT2D eigenvalue weighted by Gasteiger charge is -2.13. The fourth-order valence-corrected chi connectivity index (χ4v) is 1.70. The average Bonchev–Trinajstić information content (AvgIpc) is 2.36. The molecule has 0 aliphatic carbocycles. The van der Waals surface area contributed by atoms with Crippen molar-refractivity contribution < 1.29 is 9.53 Å². The summed E-state index contributed by atoms with van der Waals surface area (Å²) in [5.74, 6) is 0.650. The Hall–Kier alpha value is -1.83. The molecule has 0 radical (unpaired) electrons. The molecule has 1 rings (SSSR count). The zero-order valence-electron chi connectivity index (χ0n) is 10.2. The van der Waals surface area contributed by atoms with E-state index in [0.29, 0.717) is 24.3 Å². The first-order valence-electron chi connectivity index (χ1n) is 5.72. The van der Waals surface area contributed by atoms with Crippen molar-refractivity contribution in [1.82, 2.24) is 0 Å². The van der Waals surface area contributed by atoms with Gasteiger partial charge in [-0.25, -0.2) is 0 Å². The van der Waals surface area contributed by atoms with E-state index < -0.39 is 0 Å². The Morgan fingerprint density at radius 1 is 1.29 bits per heavy atom. The highest BCUT2D eigenvalue weighted by molar-refractivity contribution is 5.81. The molecular formula is C15H18O2. The van der Waals surface area contributed by atoms with Gasteiger partial charge in [-0.2, -0.15) is 0 Å². The highest BCUT2D eigenvalue weighted by atomic mass is 16.5. The van der Waals surface area contributed by atoms with Crippen LogP contribution in [-0.4, -0.2) is 12.9 Å². The predicted octanol–water partition coefficient (Wildman–Crippen LogP) is 3.35. The minimum absolute atomic E-state index is 0.399. The van der Waals surface area contributed by atoms with Crippen LogP contribution in [-0.2, 0) is 12.8 Å². The van der Waals surface area contributed by atoms with E-state index in [1.165, 1.54) is 0 Å². The Morgan fingerprint density at radius 3 is 2.59 bits per heavy atom. The van der Waals surface area contributed by atoms with Gasteiger partial charge >= 0.3 is 0 Å². The van der Waals surface area contributed by atoms with Gasteiger partial charge < -0.3 is 4.74 Å². The summed E-state index contributed by atoms with van der Waals surface area (Å²) in [4.78, 5) is 11.1. The quantitative estimate of drug-likeness (QED) is 0.530. The second kappa shape index (κ2) is 6.69. The molecule has 0 N–H and O–H groups in total. The molecule has 0 aromatic heterocycles. The topological polar surface area (TPSA) is 26.3 Å². The molecule has 2 heteroatoms. The van der Waals surface area contributed by atoms with Crippen molar-refractivity contribution in [2.75, 3.05) is 6.61 Å². The van der Waals surface area contributed by atoms with Crippen molar-refractivity contribution in [3.8, 4) is 5.75 Å². The summed E-state index contributed by atoms with van der Waals surface area (Å²) in [5, 5.41) is 0. The number of carbonyl (C=O) groups is 1. The molecule has 0 saturated heterocycles. The average molecular weight is 230 g/mol. The summed E-state index contributed by atoms with van der Waals surface area (Å²) < 4.78 is 5.56. The van der Waals surface area contributed by atoms with E-state index in [9.17, 15) is 4.79 Å². The van der Waals surface area contributed by atoms with Gasteiger partial charge in [-0.3, -0.25) is 4.79 Å². The maximum Gasteiger partial charge on any atom is 0.153 e. The van der Waals surface area contributed by atoms with Crippen LogP contribution in [0.5, 0.6) is 5.75 Å². The second-order valence-electron chi connectivity index (χ2n) is 3.74. The third-order valence-corrected chi connectivity index (χ3v) is 2.50. The molecule has 1 aromatic rings. The zero-order chi connectivity index (χ0) is 12.7. The van der Waals surface area contributed by atoms with Crippen molar-refractivity contribution in [2.45, 2.75) is 19.8 Å². The molecule has 0 spiro atoms. The fraction of sp³-hybridized carbons (Fsp3) is 0.267. The van der Waals surface area contributed by atoms with Crippen molar-refractivity contribution >= 4 is 6.29 Å². The summed E-state index contributed by atoms with van der Waals surface area (Å²) in [6, 6.07) is 3.94. The van der Waals surface area contributed by atoms with Crippen molar-refractivity contribution in [3.05, 3.63) is 54.1 Å². The van der Waals surface area contributed by atoms with Gasteiger partial charge in [0, 0.05) is 0 Å². The predicted molar refractivity (Wildman–Crippen MR) is 70.8 cm³/mol. The van der Waals surface area contributed by atoms with Gasteiger partial charge in [0.25, 0.3) is 0 Å². The summed E-state index contributed by atoms with van der Waals surface area (Å²) >= 11 is 0. The normalized spacial score (nSPS) is 9.71. The van der Waals surface area contributed by atoms with E-state index >= 15 is 0 Å². The largest absolute Gasteiger partial charge is 0.488 e. The minimum Gasteiger partial charge on any atom is -0.488 e. The van der Waals surface area contributed by atoms with E-state index in [4.69, 9.17) is 4.74 Å². The van der Waals surface area contributed by atoms with Gasteiger partial charge in [-0.1, -0.05) is 31.7 Å². The molecular weight excluding hydrogens is 212 g/mol. The summed E-state index contributed by atoms with van der Waals surface area (Å²) in [6.45, 7) is 9.79. The molecule has 0 aliphatic rings. The number of aldehydes is 1. The van der Waals surface area contributed by atoms with Gasteiger partial charge in [0.2, 0.25) is 0 Å². The lowest BCUT2D eigenvalue weighted by molar-refractivity contribution is 0.112. The maximum absolute atomic E-state index is 11.1. The summed E-state index contributed by atoms with van der Waals surface area (Å²) in [5.41, 5.74) is 2.74. The van der Waals surface area contributed by atoms with Crippen LogP contribution in [0.25, 0.3) is 0 Å². The third-order valence-electron chi connectivity index (χ3n) is 2.50. The number of allylic oxidation sites excluding steroid dienone is 1. The first-order chi connectivity index (χ1) is 8.26. The van der Waals surface area contributed by atoms with Crippen LogP contribution >= 0.6 is 0 Å². The number of hydrogen-bond donors (Lipinski definition) is 0. The van der Waals surface area contributed by atoms with Crippen LogP contribution in [0.3, 0.4) is 0 Å². The first kappa shape index (κ1) is 13.2. The van der Waals surface area contributed by atoms with Gasteiger partial charge in [0.15, 0.2) is 6.29 Å². The Balaban J connectivity index is 3.23. The molecule has 2 nitrogen and oxygen atoms in total. The highest BCUT2D eigenvalue weighted by Gasteiger charge is 2.10. The van der Waals surface area contributed by atoms with Crippen molar-refractivity contribution in [3.63, 3.8) is 0 Å². The third kappa shape index (κ3) is 3.31. The molecule has 0 fully saturated rings. The van der Waals surface area contributed by atoms with Crippen LogP contribution in [0.1, 0.15) is 28.4 Å². The molecule has 0 aliphatic heterocycles. The monoisotopic (exact) mass is 230 g/mol. The number of rotatable bonds is 7. The molecule has 17 heavy (non-hydrogen) atoms. The minimum atomic E-state index is 0.399. The van der Waals surface area contributed by atoms with Gasteiger partial charge in [0.05, 0.1) is 5.56 Å². The smallest absolute Gasteiger partial charge is 0.153 e. The maximum atomic E-state index is 11.1. The molecule has 0 atom stereocenters. The van der Waals surface area contributed by atoms with Crippen LogP contribution in [0, 0.1) is 0 Å². The first-order valence-corrected chi connectivity index (χ1v) is 5.72. The number of hydrogen-bond acceptors (Lipinski definition) is 2. The number of benzene rings is 1. The molecule has 0 unspecified atom stereocenters. The van der Waals surface area contributed by atoms with E-state index in [2.05, 4.69) is 26.1 Å².